The first-order chi connectivity index (χ1) is 30.6. The Hall–Kier alpha value is -6.17. The molecule has 0 aliphatic carbocycles. The lowest BCUT2D eigenvalue weighted by molar-refractivity contribution is -0.160. The number of aliphatic hydroxyl groups is 3. The van der Waals surface area contributed by atoms with Crippen LogP contribution in [0.4, 0.5) is 17.1 Å². The molecule has 4 bridgehead atoms. The van der Waals surface area contributed by atoms with Crippen LogP contribution in [0, 0.1) is 30.6 Å². The molecule has 0 radical (unpaired) electrons. The maximum Gasteiger partial charge on any atom is 0.307 e. The molecule has 3 aromatic carbocycles. The summed E-state index contributed by atoms with van der Waals surface area (Å²) in [5.41, 5.74) is -0.849. The lowest BCUT2D eigenvalue weighted by Crippen LogP contribution is -2.46. The largest absolute Gasteiger partial charge is 0.507 e. The minimum absolute atomic E-state index is 0.0515. The molecular formula is C48H58N4O13. The number of carbonyl (C=O) groups excluding carboxylic acids is 2. The predicted molar refractivity (Wildman–Crippen MR) is 246 cm³/mol. The van der Waals surface area contributed by atoms with E-state index in [2.05, 4.69) is 5.32 Å². The van der Waals surface area contributed by atoms with Crippen molar-refractivity contribution in [2.75, 3.05) is 49.4 Å². The molecule has 17 heteroatoms. The number of nitrogens with one attached hydrogen (secondary N) is 1. The summed E-state index contributed by atoms with van der Waals surface area (Å²) in [6.07, 6.45) is 4.32. The summed E-state index contributed by atoms with van der Waals surface area (Å²) in [5.74, 6) is -6.95. The second-order valence-electron chi connectivity index (χ2n) is 17.9. The first-order valence-corrected chi connectivity index (χ1v) is 21.7. The number of ether oxygens (including phenoxy) is 4. The van der Waals surface area contributed by atoms with Crippen LogP contribution in [-0.2, 0) is 23.8 Å². The van der Waals surface area contributed by atoms with E-state index in [1.165, 1.54) is 59.3 Å². The Balaban J connectivity index is 1.53. The molecule has 3 aliphatic rings. The number of phenols is 1. The van der Waals surface area contributed by atoms with E-state index in [0.29, 0.717) is 24.5 Å². The van der Waals surface area contributed by atoms with Gasteiger partial charge in [0.05, 0.1) is 40.9 Å². The van der Waals surface area contributed by atoms with E-state index in [1.54, 1.807) is 39.8 Å². The zero-order chi connectivity index (χ0) is 47.6. The van der Waals surface area contributed by atoms with Crippen LogP contribution in [0.5, 0.6) is 11.5 Å². The second-order valence-corrected chi connectivity index (χ2v) is 17.9. The molecule has 0 saturated heterocycles. The highest BCUT2D eigenvalue weighted by Gasteiger charge is 2.44. The summed E-state index contributed by atoms with van der Waals surface area (Å²) < 4.78 is 30.7. The Bertz CT molecular complexity index is 2870. The summed E-state index contributed by atoms with van der Waals surface area (Å²) in [6, 6.07) is 1.47. The number of aromatic nitrogens is 1. The highest BCUT2D eigenvalue weighted by atomic mass is 16.7. The lowest BCUT2D eigenvalue weighted by Gasteiger charge is -2.38. The lowest BCUT2D eigenvalue weighted by atomic mass is 9.78. The third kappa shape index (κ3) is 8.03. The minimum Gasteiger partial charge on any atom is -0.507 e. The number of allylic oxidation sites excluding steroid dienone is 2. The number of nitrogens with zero attached hydrogens (tertiary/aromatic N) is 3. The monoisotopic (exact) mass is 898 g/mol. The van der Waals surface area contributed by atoms with Crippen molar-refractivity contribution in [1.29, 1.82) is 0 Å². The average molecular weight is 899 g/mol. The van der Waals surface area contributed by atoms with Crippen LogP contribution < -0.4 is 35.9 Å². The Morgan fingerprint density at radius 1 is 0.938 bits per heavy atom. The Kier molecular flexibility index (Phi) is 12.7. The molecule has 3 aliphatic heterocycles. The highest BCUT2D eigenvalue weighted by Crippen LogP contribution is 2.44. The molecule has 5 N–H and O–H groups in total. The number of fused-ring (bicyclic) bond motifs is 4. The van der Waals surface area contributed by atoms with Crippen molar-refractivity contribution in [2.24, 2.45) is 23.7 Å². The summed E-state index contributed by atoms with van der Waals surface area (Å²) >= 11 is 0. The summed E-state index contributed by atoms with van der Waals surface area (Å²) in [6.45, 7) is 13.8. The number of rotatable bonds is 2. The quantitative estimate of drug-likeness (QED) is 0.103. The Labute approximate surface area is 375 Å². The maximum absolute atomic E-state index is 14.9. The van der Waals surface area contributed by atoms with Crippen molar-refractivity contribution in [3.8, 4) is 11.5 Å². The maximum atomic E-state index is 14.9. The van der Waals surface area contributed by atoms with E-state index in [-0.39, 0.29) is 60.8 Å². The normalized spacial score (nSPS) is 29.8. The van der Waals surface area contributed by atoms with Crippen LogP contribution in [0.25, 0.3) is 38.7 Å². The van der Waals surface area contributed by atoms with Gasteiger partial charge in [0.2, 0.25) is 10.9 Å². The molecule has 65 heavy (non-hydrogen) atoms. The molecule has 1 amide bonds. The molecule has 7 rings (SSSR count). The average Bonchev–Trinajstić information content (AvgIpc) is 3.44. The summed E-state index contributed by atoms with van der Waals surface area (Å²) in [5, 5.41) is 49.3. The number of hydrogen-bond donors (Lipinski definition) is 5. The highest BCUT2D eigenvalue weighted by molar-refractivity contribution is 6.17. The minimum atomic E-state index is -1.99. The van der Waals surface area contributed by atoms with Gasteiger partial charge >= 0.3 is 11.8 Å². The fourth-order valence-electron chi connectivity index (χ4n) is 9.35. The van der Waals surface area contributed by atoms with Gasteiger partial charge in [-0.05, 0) is 26.3 Å². The molecule has 9 atom stereocenters. The van der Waals surface area contributed by atoms with Gasteiger partial charge in [-0.2, -0.15) is 0 Å². The van der Waals surface area contributed by atoms with Gasteiger partial charge in [0.1, 0.15) is 34.5 Å². The van der Waals surface area contributed by atoms with E-state index >= 15 is 0 Å². The number of aliphatic hydroxyl groups excluding tert-OH is 3. The molecular weight excluding hydrogens is 841 g/mol. The van der Waals surface area contributed by atoms with Gasteiger partial charge in [0.15, 0.2) is 22.4 Å². The Morgan fingerprint density at radius 2 is 1.63 bits per heavy atom. The number of esters is 1. The van der Waals surface area contributed by atoms with E-state index in [0.717, 1.165) is 6.42 Å². The van der Waals surface area contributed by atoms with Crippen molar-refractivity contribution in [3.05, 3.63) is 73.4 Å². The molecule has 348 valence electrons. The molecule has 0 spiro atoms. The van der Waals surface area contributed by atoms with Gasteiger partial charge in [-0.15, -0.1) is 0 Å². The number of hydrogen-bond acceptors (Lipinski definition) is 16. The van der Waals surface area contributed by atoms with Crippen LogP contribution in [0.15, 0.2) is 56.2 Å². The van der Waals surface area contributed by atoms with Crippen molar-refractivity contribution < 1.29 is 53.4 Å². The number of aromatic hydroxyl groups is 1. The van der Waals surface area contributed by atoms with Crippen LogP contribution in [0.2, 0.25) is 0 Å². The van der Waals surface area contributed by atoms with Gasteiger partial charge in [-0.3, -0.25) is 19.2 Å². The summed E-state index contributed by atoms with van der Waals surface area (Å²) in [4.78, 5) is 64.1. The van der Waals surface area contributed by atoms with Gasteiger partial charge in [-0.1, -0.05) is 45.9 Å². The number of methoxy groups -OCH3 is 1. The summed E-state index contributed by atoms with van der Waals surface area (Å²) in [7, 11) is 5.15. The molecule has 1 aromatic heterocycles. The van der Waals surface area contributed by atoms with E-state index in [9.17, 15) is 39.6 Å². The van der Waals surface area contributed by atoms with Gasteiger partial charge in [0.25, 0.3) is 5.91 Å². The smallest absolute Gasteiger partial charge is 0.307 e. The van der Waals surface area contributed by atoms with E-state index in [4.69, 9.17) is 28.3 Å². The standard InChI is InChI=1S/C48H58N4O13/c1-21-14-12-15-22(2)47(60)50-36-41(58)32-31(35-44(36)64-45-34(49-35)29(54)20-28-37(45)52(10)18-13-17-51(28)9)33-43(26(6)40(32)57)65-48(8,46(33)59)62-19-16-30(61-11)23(3)42(63-27(7)53)25(5)39(56)24(4)38(21)55/h12,14-16,19-21,23-25,30,38-39,42,55-57,59H,13,17-18H2,1-11H3,(H,50,60)/b14-12+,19-16+,22-15-/t21-,23+,24+,25+,30-,38-,39-,42+,48-/m0/s1. The van der Waals surface area contributed by atoms with Gasteiger partial charge in [0, 0.05) is 94.4 Å². The van der Waals surface area contributed by atoms with Crippen molar-refractivity contribution in [2.45, 2.75) is 92.0 Å². The fourth-order valence-corrected chi connectivity index (χ4v) is 9.35. The predicted octanol–water partition coefficient (Wildman–Crippen LogP) is 4.84. The van der Waals surface area contributed by atoms with Crippen molar-refractivity contribution in [1.82, 2.24) is 4.98 Å². The van der Waals surface area contributed by atoms with E-state index < -0.39 is 88.1 Å². The molecule has 4 aromatic rings. The van der Waals surface area contributed by atoms with Gasteiger partial charge in [-0.25, -0.2) is 4.98 Å². The number of carbonyl (C=O) groups is 2. The van der Waals surface area contributed by atoms with Crippen molar-refractivity contribution in [3.63, 3.8) is 0 Å². The molecule has 0 unspecified atom stereocenters. The third-order valence-corrected chi connectivity index (χ3v) is 13.3. The van der Waals surface area contributed by atoms with Gasteiger partial charge < -0.3 is 58.9 Å². The van der Waals surface area contributed by atoms with Crippen LogP contribution in [0.3, 0.4) is 0 Å². The SMILES string of the molecule is CO[C@H]1/C=C/O[C@@]2(C)Oc3c(C)c(O)c4c(=O)c(c5oc6c7c(cc(=O)c6nc5c4c3=C2O)N(C)CCCN7C)NC(=O)/C(C)=C\C=C\[C@H](C)[C@H](O)[C@@H](C)[C@H](O)[C@@H](C)[C@H](OC(C)=O)[C@@H]1C. The molecule has 4 heterocycles. The number of benzene rings is 3. The Morgan fingerprint density at radius 3 is 2.31 bits per heavy atom. The van der Waals surface area contributed by atoms with Crippen LogP contribution >= 0.6 is 0 Å². The van der Waals surface area contributed by atoms with Crippen LogP contribution in [0.1, 0.15) is 60.5 Å². The molecule has 17 nitrogen and oxygen atoms in total. The number of anilines is 3. The van der Waals surface area contributed by atoms with E-state index in [1.807, 2.05) is 23.9 Å². The van der Waals surface area contributed by atoms with Crippen molar-refractivity contribution >= 4 is 67.7 Å². The number of amides is 1. The fraction of sp³-hybridized carbons (Fsp3) is 0.479. The second kappa shape index (κ2) is 17.7. The zero-order valence-corrected chi connectivity index (χ0v) is 38.5. The third-order valence-electron chi connectivity index (χ3n) is 13.3. The number of phenolic OH excluding ortho intramolecular Hbond substituents is 1. The molecule has 0 fully saturated rings. The molecule has 0 saturated carbocycles. The first kappa shape index (κ1) is 46.8. The van der Waals surface area contributed by atoms with Crippen LogP contribution in [-0.4, -0.2) is 102 Å². The zero-order valence-electron chi connectivity index (χ0n) is 38.5. The topological polar surface area (TPSA) is 231 Å². The first-order valence-electron chi connectivity index (χ1n) is 21.7.